The molecule has 0 aliphatic carbocycles. The molecule has 0 atom stereocenters. The fourth-order valence-electron chi connectivity index (χ4n) is 3.34. The third kappa shape index (κ3) is 6.80. The average Bonchev–Trinajstić information content (AvgIpc) is 2.89. The van der Waals surface area contributed by atoms with E-state index in [1.165, 1.54) is 0 Å². The summed E-state index contributed by atoms with van der Waals surface area (Å²) in [5.41, 5.74) is 6.00. The fourth-order valence-corrected chi connectivity index (χ4v) is 3.34. The summed E-state index contributed by atoms with van der Waals surface area (Å²) in [6.07, 6.45) is 0. The lowest BCUT2D eigenvalue weighted by Crippen LogP contribution is -2.14. The minimum atomic E-state index is -0.459. The summed E-state index contributed by atoms with van der Waals surface area (Å²) < 4.78 is 0. The summed E-state index contributed by atoms with van der Waals surface area (Å²) >= 11 is 0. The first-order chi connectivity index (χ1) is 17.2. The molecule has 0 amide bonds. The molecule has 36 heavy (non-hydrogen) atoms. The van der Waals surface area contributed by atoms with Gasteiger partial charge in [0.2, 0.25) is 23.1 Å². The molecule has 0 spiro atoms. The van der Waals surface area contributed by atoms with Gasteiger partial charge in [0.15, 0.2) is 0 Å². The van der Waals surface area contributed by atoms with Crippen molar-refractivity contribution >= 4 is 23.1 Å². The highest BCUT2D eigenvalue weighted by molar-refractivity contribution is 6.49. The highest BCUT2D eigenvalue weighted by atomic mass is 16.2. The second-order valence-corrected chi connectivity index (χ2v) is 8.78. The molecule has 0 N–H and O–H groups in total. The fraction of sp³-hybridized carbons (Fsp3) is 0.125. The first-order valence-corrected chi connectivity index (χ1v) is 11.6. The molecule has 4 aromatic carbocycles. The Balaban J connectivity index is 0.000000201. The zero-order valence-corrected chi connectivity index (χ0v) is 20.9. The summed E-state index contributed by atoms with van der Waals surface area (Å²) in [6, 6.07) is 28.1. The van der Waals surface area contributed by atoms with E-state index in [2.05, 4.69) is 0 Å². The summed E-state index contributed by atoms with van der Waals surface area (Å²) in [4.78, 5) is 48.0. The minimum Gasteiger partial charge on any atom is -0.285 e. The Bertz CT molecular complexity index is 1150. The van der Waals surface area contributed by atoms with Gasteiger partial charge in [-0.05, 0) is 27.7 Å². The van der Waals surface area contributed by atoms with Gasteiger partial charge in [0, 0.05) is 22.3 Å². The largest absolute Gasteiger partial charge is 0.285 e. The molecule has 0 fully saturated rings. The van der Waals surface area contributed by atoms with Gasteiger partial charge in [0.25, 0.3) is 0 Å². The van der Waals surface area contributed by atoms with Crippen LogP contribution in [-0.2, 0) is 0 Å². The van der Waals surface area contributed by atoms with E-state index in [0.717, 1.165) is 22.3 Å². The molecule has 4 rings (SSSR count). The summed E-state index contributed by atoms with van der Waals surface area (Å²) in [5.74, 6) is -1.84. The molecule has 0 unspecified atom stereocenters. The summed E-state index contributed by atoms with van der Waals surface area (Å²) in [5, 5.41) is 0. The maximum Gasteiger partial charge on any atom is 0.233 e. The van der Waals surface area contributed by atoms with Crippen LogP contribution in [0.5, 0.6) is 0 Å². The molecule has 0 aliphatic rings. The SMILES string of the molecule is Cc1ccc(C(=O)C(=O)c2ccc(C)cc2)cc1.Cc1ccc(C(=O)C(=O)c2ccc(C)cc2)cc1. The Labute approximate surface area is 211 Å². The molecule has 0 radical (unpaired) electrons. The van der Waals surface area contributed by atoms with Crippen LogP contribution in [0.1, 0.15) is 63.7 Å². The van der Waals surface area contributed by atoms with Crippen LogP contribution in [0, 0.1) is 27.7 Å². The number of hydrogen-bond acceptors (Lipinski definition) is 4. The number of carbonyl (C=O) groups is 4. The highest BCUT2D eigenvalue weighted by Gasteiger charge is 2.18. The maximum absolute atomic E-state index is 12.0. The quantitative estimate of drug-likeness (QED) is 0.228. The zero-order chi connectivity index (χ0) is 26.2. The lowest BCUT2D eigenvalue weighted by Gasteiger charge is -2.02. The second kappa shape index (κ2) is 11.8. The van der Waals surface area contributed by atoms with Crippen LogP contribution in [0.2, 0.25) is 0 Å². The van der Waals surface area contributed by atoms with Crippen LogP contribution in [0.25, 0.3) is 0 Å². The lowest BCUT2D eigenvalue weighted by atomic mass is 10.00. The van der Waals surface area contributed by atoms with Crippen LogP contribution in [-0.4, -0.2) is 23.1 Å². The van der Waals surface area contributed by atoms with Crippen LogP contribution in [0.15, 0.2) is 97.1 Å². The number of benzene rings is 4. The van der Waals surface area contributed by atoms with Crippen molar-refractivity contribution in [3.8, 4) is 0 Å². The normalized spacial score (nSPS) is 10.1. The van der Waals surface area contributed by atoms with Crippen LogP contribution >= 0.6 is 0 Å². The smallest absolute Gasteiger partial charge is 0.233 e. The molecule has 4 nitrogen and oxygen atoms in total. The zero-order valence-electron chi connectivity index (χ0n) is 20.9. The van der Waals surface area contributed by atoms with Gasteiger partial charge in [-0.25, -0.2) is 0 Å². The van der Waals surface area contributed by atoms with E-state index < -0.39 is 23.1 Å². The van der Waals surface area contributed by atoms with E-state index in [-0.39, 0.29) is 0 Å². The molecule has 4 heteroatoms. The Morgan fingerprint density at radius 1 is 0.306 bits per heavy atom. The number of carbonyl (C=O) groups excluding carboxylic acids is 4. The molecule has 0 saturated carbocycles. The maximum atomic E-state index is 12.0. The van der Waals surface area contributed by atoms with Gasteiger partial charge in [-0.1, -0.05) is 119 Å². The number of aryl methyl sites for hydroxylation is 4. The highest BCUT2D eigenvalue weighted by Crippen LogP contribution is 2.12. The third-order valence-corrected chi connectivity index (χ3v) is 5.67. The predicted octanol–water partition coefficient (Wildman–Crippen LogP) is 6.74. The molecule has 0 saturated heterocycles. The Hall–Kier alpha value is -4.44. The van der Waals surface area contributed by atoms with Crippen molar-refractivity contribution in [3.63, 3.8) is 0 Å². The van der Waals surface area contributed by atoms with Crippen molar-refractivity contribution in [2.75, 3.05) is 0 Å². The number of Topliss-reactive ketones (excluding diaryl/α,β-unsaturated/α-hetero) is 4. The van der Waals surface area contributed by atoms with Crippen LogP contribution < -0.4 is 0 Å². The first kappa shape index (κ1) is 26.2. The second-order valence-electron chi connectivity index (χ2n) is 8.78. The number of ketones is 4. The summed E-state index contributed by atoms with van der Waals surface area (Å²) in [6.45, 7) is 7.76. The third-order valence-electron chi connectivity index (χ3n) is 5.67. The molecule has 180 valence electrons. The monoisotopic (exact) mass is 476 g/mol. The van der Waals surface area contributed by atoms with Gasteiger partial charge in [-0.2, -0.15) is 0 Å². The van der Waals surface area contributed by atoms with Gasteiger partial charge in [-0.3, -0.25) is 19.2 Å². The van der Waals surface area contributed by atoms with Crippen LogP contribution in [0.3, 0.4) is 0 Å². The first-order valence-electron chi connectivity index (χ1n) is 11.6. The van der Waals surface area contributed by atoms with Crippen LogP contribution in [0.4, 0.5) is 0 Å². The van der Waals surface area contributed by atoms with Crippen molar-refractivity contribution in [2.24, 2.45) is 0 Å². The van der Waals surface area contributed by atoms with Crippen molar-refractivity contribution in [1.82, 2.24) is 0 Å². The van der Waals surface area contributed by atoms with Crippen molar-refractivity contribution in [2.45, 2.75) is 27.7 Å². The predicted molar refractivity (Wildman–Crippen MR) is 142 cm³/mol. The minimum absolute atomic E-state index is 0.436. The van der Waals surface area contributed by atoms with E-state index >= 15 is 0 Å². The van der Waals surface area contributed by atoms with E-state index in [4.69, 9.17) is 0 Å². The molecular weight excluding hydrogens is 448 g/mol. The van der Waals surface area contributed by atoms with E-state index in [9.17, 15) is 19.2 Å². The molecule has 0 aromatic heterocycles. The molecule has 0 bridgehead atoms. The topological polar surface area (TPSA) is 68.3 Å². The molecule has 0 aliphatic heterocycles. The van der Waals surface area contributed by atoms with Gasteiger partial charge in [-0.15, -0.1) is 0 Å². The Morgan fingerprint density at radius 3 is 0.583 bits per heavy atom. The van der Waals surface area contributed by atoms with E-state index in [1.54, 1.807) is 48.5 Å². The lowest BCUT2D eigenvalue weighted by molar-refractivity contribution is 0.0817. The Kier molecular flexibility index (Phi) is 8.58. The van der Waals surface area contributed by atoms with Gasteiger partial charge in [0.1, 0.15) is 0 Å². The molecular formula is C32H28O4. The van der Waals surface area contributed by atoms with Crippen molar-refractivity contribution in [3.05, 3.63) is 142 Å². The average molecular weight is 477 g/mol. The van der Waals surface area contributed by atoms with Gasteiger partial charge in [0.05, 0.1) is 0 Å². The van der Waals surface area contributed by atoms with Crippen molar-refractivity contribution < 1.29 is 19.2 Å². The molecule has 0 heterocycles. The summed E-state index contributed by atoms with van der Waals surface area (Å²) in [7, 11) is 0. The Morgan fingerprint density at radius 2 is 0.444 bits per heavy atom. The standard InChI is InChI=1S/2C16H14O2/c2*1-11-3-7-13(8-4-11)15(17)16(18)14-9-5-12(2)6-10-14/h2*3-10H,1-2H3. The molecule has 4 aromatic rings. The number of hydrogen-bond donors (Lipinski definition) is 0. The number of rotatable bonds is 6. The van der Waals surface area contributed by atoms with E-state index in [1.807, 2.05) is 76.2 Å². The van der Waals surface area contributed by atoms with Gasteiger partial charge < -0.3 is 0 Å². The van der Waals surface area contributed by atoms with Gasteiger partial charge >= 0.3 is 0 Å². The van der Waals surface area contributed by atoms with Crippen molar-refractivity contribution in [1.29, 1.82) is 0 Å². The van der Waals surface area contributed by atoms with E-state index in [0.29, 0.717) is 22.3 Å².